The van der Waals surface area contributed by atoms with E-state index in [0.29, 0.717) is 11.3 Å². The van der Waals surface area contributed by atoms with Crippen molar-refractivity contribution in [3.63, 3.8) is 0 Å². The highest BCUT2D eigenvalue weighted by molar-refractivity contribution is 9.10. The van der Waals surface area contributed by atoms with E-state index >= 15 is 0 Å². The summed E-state index contributed by atoms with van der Waals surface area (Å²) in [5.41, 5.74) is 7.34. The number of primary amides is 1. The molecule has 2 amide bonds. The van der Waals surface area contributed by atoms with Crippen molar-refractivity contribution in [2.45, 2.75) is 0 Å². The molecule has 0 saturated carbocycles. The minimum absolute atomic E-state index is 0.285. The molecular weight excluding hydrogens is 350 g/mol. The molecule has 0 fully saturated rings. The molecule has 2 aromatic rings. The number of halogens is 1. The number of ether oxygens (including phenoxy) is 1. The predicted octanol–water partition coefficient (Wildman–Crippen LogP) is 2.69. The maximum atomic E-state index is 12.4. The average molecular weight is 362 g/mol. The number of nitrogens with two attached hydrogens (primary N) is 1. The third kappa shape index (κ3) is 4.42. The van der Waals surface area contributed by atoms with Crippen molar-refractivity contribution >= 4 is 33.6 Å². The highest BCUT2D eigenvalue weighted by atomic mass is 79.9. The SMILES string of the molecule is NC(=O)NN=C(Oc1ccc(Br)cc1)C(=O)c1ccccc1. The molecule has 0 atom stereocenters. The Labute approximate surface area is 135 Å². The van der Waals surface area contributed by atoms with Gasteiger partial charge in [0.05, 0.1) is 0 Å². The van der Waals surface area contributed by atoms with Gasteiger partial charge in [0.15, 0.2) is 0 Å². The number of ketones is 1. The lowest BCUT2D eigenvalue weighted by molar-refractivity contribution is 0.104. The second-order valence-electron chi connectivity index (χ2n) is 4.14. The van der Waals surface area contributed by atoms with Gasteiger partial charge in [-0.05, 0) is 24.3 Å². The molecule has 0 aliphatic rings. The Hall–Kier alpha value is -2.67. The van der Waals surface area contributed by atoms with Crippen LogP contribution in [0.3, 0.4) is 0 Å². The molecule has 0 aliphatic carbocycles. The Kier molecular flexibility index (Phi) is 5.26. The summed E-state index contributed by atoms with van der Waals surface area (Å²) in [6.07, 6.45) is 0. The van der Waals surface area contributed by atoms with Gasteiger partial charge < -0.3 is 10.5 Å². The van der Waals surface area contributed by atoms with E-state index in [0.717, 1.165) is 4.47 Å². The number of amides is 2. The summed E-state index contributed by atoms with van der Waals surface area (Å²) in [5.74, 6) is -0.359. The standard InChI is InChI=1S/C15H12BrN3O3/c16-11-6-8-12(9-7-11)22-14(18-19-15(17)21)13(20)10-4-2-1-3-5-10/h1-9H,(H3,17,19,21). The van der Waals surface area contributed by atoms with Crippen LogP contribution in [0.2, 0.25) is 0 Å². The Balaban J connectivity index is 2.26. The van der Waals surface area contributed by atoms with Gasteiger partial charge in [0.25, 0.3) is 5.90 Å². The Morgan fingerprint density at radius 1 is 1.05 bits per heavy atom. The number of hydrazone groups is 1. The molecular formula is C15H12BrN3O3. The van der Waals surface area contributed by atoms with Crippen molar-refractivity contribution in [3.05, 3.63) is 64.6 Å². The fraction of sp³-hybridized carbons (Fsp3) is 0. The molecule has 0 heterocycles. The van der Waals surface area contributed by atoms with E-state index in [1.807, 2.05) is 5.43 Å². The van der Waals surface area contributed by atoms with Crippen LogP contribution in [0, 0.1) is 0 Å². The van der Waals surface area contributed by atoms with Gasteiger partial charge in [0.2, 0.25) is 5.78 Å². The number of nitrogens with zero attached hydrogens (tertiary/aromatic N) is 1. The molecule has 2 rings (SSSR count). The molecule has 0 aliphatic heterocycles. The summed E-state index contributed by atoms with van der Waals surface area (Å²) in [5, 5.41) is 3.63. The monoisotopic (exact) mass is 361 g/mol. The molecule has 0 spiro atoms. The lowest BCUT2D eigenvalue weighted by Crippen LogP contribution is -2.30. The molecule has 0 aromatic heterocycles. The highest BCUT2D eigenvalue weighted by Crippen LogP contribution is 2.17. The number of hydrogen-bond acceptors (Lipinski definition) is 4. The Morgan fingerprint density at radius 2 is 1.68 bits per heavy atom. The fourth-order valence-electron chi connectivity index (χ4n) is 1.55. The van der Waals surface area contributed by atoms with E-state index in [4.69, 9.17) is 10.5 Å². The van der Waals surface area contributed by atoms with Gasteiger partial charge in [-0.25, -0.2) is 10.2 Å². The van der Waals surface area contributed by atoms with Gasteiger partial charge in [0, 0.05) is 10.0 Å². The molecule has 22 heavy (non-hydrogen) atoms. The smallest absolute Gasteiger partial charge is 0.332 e. The number of carbonyl (C=O) groups is 2. The number of urea groups is 1. The zero-order chi connectivity index (χ0) is 15.9. The maximum absolute atomic E-state index is 12.4. The first kappa shape index (κ1) is 15.7. The number of Topliss-reactive ketones (excluding diaryl/α,β-unsaturated/α-hetero) is 1. The minimum Gasteiger partial charge on any atom is -0.435 e. The molecule has 112 valence electrons. The van der Waals surface area contributed by atoms with Crippen LogP contribution < -0.4 is 15.9 Å². The third-order valence-electron chi connectivity index (χ3n) is 2.53. The quantitative estimate of drug-likeness (QED) is 0.379. The third-order valence-corrected chi connectivity index (χ3v) is 3.05. The topological polar surface area (TPSA) is 93.8 Å². The van der Waals surface area contributed by atoms with E-state index in [1.54, 1.807) is 54.6 Å². The normalized spacial score (nSPS) is 10.9. The van der Waals surface area contributed by atoms with Crippen molar-refractivity contribution in [2.24, 2.45) is 10.8 Å². The lowest BCUT2D eigenvalue weighted by Gasteiger charge is -2.08. The summed E-state index contributed by atoms with van der Waals surface area (Å²) >= 11 is 3.30. The van der Waals surface area contributed by atoms with Gasteiger partial charge in [0.1, 0.15) is 5.75 Å². The van der Waals surface area contributed by atoms with E-state index in [2.05, 4.69) is 21.0 Å². The van der Waals surface area contributed by atoms with Crippen molar-refractivity contribution in [1.29, 1.82) is 0 Å². The van der Waals surface area contributed by atoms with Gasteiger partial charge >= 0.3 is 6.03 Å². The molecule has 2 aromatic carbocycles. The van der Waals surface area contributed by atoms with Crippen LogP contribution in [0.5, 0.6) is 5.75 Å². The average Bonchev–Trinajstić information content (AvgIpc) is 2.53. The number of nitrogens with one attached hydrogen (secondary N) is 1. The van der Waals surface area contributed by atoms with Crippen molar-refractivity contribution < 1.29 is 14.3 Å². The van der Waals surface area contributed by atoms with Crippen molar-refractivity contribution in [3.8, 4) is 5.75 Å². The molecule has 7 heteroatoms. The fourth-order valence-corrected chi connectivity index (χ4v) is 1.82. The largest absolute Gasteiger partial charge is 0.435 e. The van der Waals surface area contributed by atoms with E-state index in [1.165, 1.54) is 0 Å². The van der Waals surface area contributed by atoms with Crippen LogP contribution >= 0.6 is 15.9 Å². The van der Waals surface area contributed by atoms with Crippen molar-refractivity contribution in [2.75, 3.05) is 0 Å². The number of carbonyl (C=O) groups excluding carboxylic acids is 2. The highest BCUT2D eigenvalue weighted by Gasteiger charge is 2.17. The Bertz CT molecular complexity index is 700. The predicted molar refractivity (Wildman–Crippen MR) is 85.7 cm³/mol. The van der Waals surface area contributed by atoms with Gasteiger partial charge in [-0.2, -0.15) is 0 Å². The summed E-state index contributed by atoms with van der Waals surface area (Å²) in [4.78, 5) is 23.2. The molecule has 3 N–H and O–H groups in total. The lowest BCUT2D eigenvalue weighted by atomic mass is 10.1. The molecule has 0 radical (unpaired) electrons. The van der Waals surface area contributed by atoms with Crippen LogP contribution in [-0.4, -0.2) is 17.7 Å². The first-order chi connectivity index (χ1) is 10.6. The first-order valence-electron chi connectivity index (χ1n) is 6.22. The van der Waals surface area contributed by atoms with E-state index in [-0.39, 0.29) is 5.90 Å². The number of hydrogen-bond donors (Lipinski definition) is 2. The van der Waals surface area contributed by atoms with Gasteiger partial charge in [-0.15, -0.1) is 5.10 Å². The second-order valence-corrected chi connectivity index (χ2v) is 5.06. The maximum Gasteiger partial charge on any atom is 0.332 e. The zero-order valence-electron chi connectivity index (χ0n) is 11.3. The molecule has 0 unspecified atom stereocenters. The van der Waals surface area contributed by atoms with Gasteiger partial charge in [-0.3, -0.25) is 4.79 Å². The Morgan fingerprint density at radius 3 is 2.27 bits per heavy atom. The minimum atomic E-state index is -0.891. The van der Waals surface area contributed by atoms with Crippen LogP contribution in [-0.2, 0) is 0 Å². The van der Waals surface area contributed by atoms with Crippen LogP contribution in [0.15, 0.2) is 64.2 Å². The molecule has 0 bridgehead atoms. The van der Waals surface area contributed by atoms with Crippen LogP contribution in [0.1, 0.15) is 10.4 Å². The number of rotatable bonds is 4. The summed E-state index contributed by atoms with van der Waals surface area (Å²) in [7, 11) is 0. The summed E-state index contributed by atoms with van der Waals surface area (Å²) in [6, 6.07) is 14.4. The van der Waals surface area contributed by atoms with Gasteiger partial charge in [-0.1, -0.05) is 46.3 Å². The van der Waals surface area contributed by atoms with E-state index < -0.39 is 11.8 Å². The second kappa shape index (κ2) is 7.37. The van der Waals surface area contributed by atoms with Crippen molar-refractivity contribution in [1.82, 2.24) is 5.43 Å². The van der Waals surface area contributed by atoms with Crippen LogP contribution in [0.25, 0.3) is 0 Å². The molecule has 0 saturated heterocycles. The van der Waals surface area contributed by atoms with Crippen LogP contribution in [0.4, 0.5) is 4.79 Å². The molecule has 6 nitrogen and oxygen atoms in total. The number of benzene rings is 2. The zero-order valence-corrected chi connectivity index (χ0v) is 12.9. The summed E-state index contributed by atoms with van der Waals surface area (Å²) in [6.45, 7) is 0. The summed E-state index contributed by atoms with van der Waals surface area (Å²) < 4.78 is 6.31. The van der Waals surface area contributed by atoms with E-state index in [9.17, 15) is 9.59 Å². The first-order valence-corrected chi connectivity index (χ1v) is 7.02.